The summed E-state index contributed by atoms with van der Waals surface area (Å²) in [7, 11) is 0. The molecule has 0 amide bonds. The quantitative estimate of drug-likeness (QED) is 0.329. The molecule has 1 saturated carbocycles. The molecule has 0 bridgehead atoms. The first kappa shape index (κ1) is 22.1. The van der Waals surface area contributed by atoms with Crippen LogP contribution in [0.1, 0.15) is 37.4 Å². The minimum atomic E-state index is -2.91. The number of ether oxygens (including phenoxy) is 3. The predicted molar refractivity (Wildman–Crippen MR) is 116 cm³/mol. The average molecular weight is 443 g/mol. The minimum Gasteiger partial charge on any atom is -0.494 e. The van der Waals surface area contributed by atoms with Crippen LogP contribution in [0, 0.1) is 5.92 Å². The maximum absolute atomic E-state index is 12.7. The molecule has 0 N–H and O–H groups in total. The second kappa shape index (κ2) is 10.5. The summed E-state index contributed by atoms with van der Waals surface area (Å²) in [6, 6.07) is 12.8. The van der Waals surface area contributed by atoms with Crippen molar-refractivity contribution in [1.29, 1.82) is 0 Å². The number of aryl methyl sites for hydroxylation is 2. The smallest absolute Gasteiger partial charge is 0.387 e. The summed E-state index contributed by atoms with van der Waals surface area (Å²) in [5, 5.41) is 0. The number of halogens is 2. The Morgan fingerprint density at radius 3 is 2.66 bits per heavy atom. The van der Waals surface area contributed by atoms with E-state index >= 15 is 0 Å². The molecule has 0 atom stereocenters. The molecule has 7 heteroatoms. The first-order chi connectivity index (χ1) is 15.6. The van der Waals surface area contributed by atoms with Gasteiger partial charge in [-0.25, -0.2) is 4.98 Å². The van der Waals surface area contributed by atoms with Crippen molar-refractivity contribution in [2.45, 2.75) is 45.6 Å². The summed E-state index contributed by atoms with van der Waals surface area (Å²) in [6.07, 6.45) is 6.36. The largest absolute Gasteiger partial charge is 0.494 e. The molecule has 1 fully saturated rings. The van der Waals surface area contributed by atoms with Gasteiger partial charge in [-0.1, -0.05) is 18.2 Å². The van der Waals surface area contributed by atoms with E-state index in [0.29, 0.717) is 30.6 Å². The van der Waals surface area contributed by atoms with Gasteiger partial charge >= 0.3 is 6.61 Å². The van der Waals surface area contributed by atoms with Crippen molar-refractivity contribution >= 4 is 0 Å². The van der Waals surface area contributed by atoms with Crippen molar-refractivity contribution < 1.29 is 27.4 Å². The Labute approximate surface area is 186 Å². The molecule has 0 unspecified atom stereocenters. The van der Waals surface area contributed by atoms with Crippen LogP contribution in [0.15, 0.2) is 53.1 Å². The lowest BCUT2D eigenvalue weighted by atomic mass is 10.1. The summed E-state index contributed by atoms with van der Waals surface area (Å²) in [5.41, 5.74) is 2.66. The summed E-state index contributed by atoms with van der Waals surface area (Å²) in [6.45, 7) is 0.188. The zero-order valence-corrected chi connectivity index (χ0v) is 18.1. The molecular weight excluding hydrogens is 416 g/mol. The van der Waals surface area contributed by atoms with Gasteiger partial charge in [0.25, 0.3) is 0 Å². The van der Waals surface area contributed by atoms with E-state index in [1.165, 1.54) is 11.6 Å². The molecule has 1 heterocycles. The molecule has 1 aliphatic carbocycles. The highest BCUT2D eigenvalue weighted by atomic mass is 19.3. The van der Waals surface area contributed by atoms with E-state index < -0.39 is 6.61 Å². The third-order valence-corrected chi connectivity index (χ3v) is 5.28. The number of oxazole rings is 1. The Hall–Kier alpha value is -3.09. The fraction of sp³-hybridized carbons (Fsp3) is 0.400. The number of aromatic nitrogens is 1. The third kappa shape index (κ3) is 5.99. The van der Waals surface area contributed by atoms with Crippen LogP contribution in [-0.2, 0) is 12.8 Å². The molecule has 0 saturated heterocycles. The Kier molecular flexibility index (Phi) is 7.24. The molecule has 0 radical (unpaired) electrons. The Bertz CT molecular complexity index is 1020. The summed E-state index contributed by atoms with van der Waals surface area (Å²) in [5.74, 6) is 2.13. The van der Waals surface area contributed by atoms with Gasteiger partial charge < -0.3 is 18.6 Å². The molecule has 1 aromatic heterocycles. The highest BCUT2D eigenvalue weighted by molar-refractivity contribution is 5.60. The first-order valence-electron chi connectivity index (χ1n) is 11.0. The standard InChI is InChI=1S/C25H27F2NO4/c1-2-29-21-9-4-3-6-18(21)7-5-8-20-16-31-24(28-20)19-12-13-22(32-25(26)27)23(14-19)30-15-17-10-11-17/h3-4,6,9,12-14,16-17,25H,2,5,7-8,10-11,15H2,1H3. The van der Waals surface area contributed by atoms with E-state index in [1.807, 2.05) is 25.1 Å². The van der Waals surface area contributed by atoms with E-state index in [4.69, 9.17) is 13.9 Å². The van der Waals surface area contributed by atoms with Gasteiger partial charge in [0.05, 0.1) is 18.9 Å². The van der Waals surface area contributed by atoms with Crippen molar-refractivity contribution in [2.75, 3.05) is 13.2 Å². The second-order valence-corrected chi connectivity index (χ2v) is 7.83. The van der Waals surface area contributed by atoms with Crippen LogP contribution in [0.5, 0.6) is 17.2 Å². The lowest BCUT2D eigenvalue weighted by Crippen LogP contribution is -2.06. The average Bonchev–Trinajstić information content (AvgIpc) is 3.50. The molecule has 32 heavy (non-hydrogen) atoms. The second-order valence-electron chi connectivity index (χ2n) is 7.83. The summed E-state index contributed by atoms with van der Waals surface area (Å²) >= 11 is 0. The lowest BCUT2D eigenvalue weighted by Gasteiger charge is -2.12. The van der Waals surface area contributed by atoms with Gasteiger partial charge in [0.15, 0.2) is 11.5 Å². The molecule has 170 valence electrons. The van der Waals surface area contributed by atoms with Gasteiger partial charge in [0.1, 0.15) is 12.0 Å². The van der Waals surface area contributed by atoms with Crippen LogP contribution in [0.4, 0.5) is 8.78 Å². The fourth-order valence-corrected chi connectivity index (χ4v) is 3.46. The van der Waals surface area contributed by atoms with Gasteiger partial charge in [0, 0.05) is 5.56 Å². The van der Waals surface area contributed by atoms with Gasteiger partial charge in [-0.15, -0.1) is 0 Å². The number of rotatable bonds is 12. The number of alkyl halides is 2. The van der Waals surface area contributed by atoms with E-state index in [2.05, 4.69) is 15.8 Å². The number of para-hydroxylation sites is 1. The molecule has 2 aromatic carbocycles. The third-order valence-electron chi connectivity index (χ3n) is 5.28. The number of hydrogen-bond donors (Lipinski definition) is 0. The number of benzene rings is 2. The van der Waals surface area contributed by atoms with Gasteiger partial charge in [-0.05, 0) is 74.8 Å². The van der Waals surface area contributed by atoms with E-state index in [9.17, 15) is 8.78 Å². The Morgan fingerprint density at radius 1 is 1.03 bits per heavy atom. The molecule has 1 aliphatic rings. The van der Waals surface area contributed by atoms with Crippen molar-refractivity contribution in [3.8, 4) is 28.7 Å². The van der Waals surface area contributed by atoms with E-state index in [-0.39, 0.29) is 11.5 Å². The molecule has 0 spiro atoms. The Balaban J connectivity index is 1.40. The SMILES string of the molecule is CCOc1ccccc1CCCc1coc(-c2ccc(OC(F)F)c(OCC3CC3)c2)n1. The fourth-order valence-electron chi connectivity index (χ4n) is 3.46. The van der Waals surface area contributed by atoms with Crippen LogP contribution in [0.3, 0.4) is 0 Å². The monoisotopic (exact) mass is 443 g/mol. The van der Waals surface area contributed by atoms with Gasteiger partial charge in [-0.3, -0.25) is 0 Å². The summed E-state index contributed by atoms with van der Waals surface area (Å²) in [4.78, 5) is 4.57. The maximum Gasteiger partial charge on any atom is 0.387 e. The minimum absolute atomic E-state index is 0.0177. The molecule has 3 aromatic rings. The zero-order valence-electron chi connectivity index (χ0n) is 18.1. The van der Waals surface area contributed by atoms with Gasteiger partial charge in [0.2, 0.25) is 5.89 Å². The molecular formula is C25H27F2NO4. The number of nitrogens with zero attached hydrogens (tertiary/aromatic N) is 1. The highest BCUT2D eigenvalue weighted by Gasteiger charge is 2.23. The normalized spacial score (nSPS) is 13.4. The predicted octanol–water partition coefficient (Wildman–Crippen LogP) is 6.31. The van der Waals surface area contributed by atoms with Crippen LogP contribution in [-0.4, -0.2) is 24.8 Å². The highest BCUT2D eigenvalue weighted by Crippen LogP contribution is 2.36. The topological polar surface area (TPSA) is 53.7 Å². The lowest BCUT2D eigenvalue weighted by molar-refractivity contribution is -0.0515. The molecule has 4 rings (SSSR count). The molecule has 0 aliphatic heterocycles. The summed E-state index contributed by atoms with van der Waals surface area (Å²) < 4.78 is 47.1. The molecule has 5 nitrogen and oxygen atoms in total. The number of hydrogen-bond acceptors (Lipinski definition) is 5. The maximum atomic E-state index is 12.7. The van der Waals surface area contributed by atoms with E-state index in [0.717, 1.165) is 43.5 Å². The van der Waals surface area contributed by atoms with Crippen LogP contribution in [0.25, 0.3) is 11.5 Å². The van der Waals surface area contributed by atoms with E-state index in [1.54, 1.807) is 18.4 Å². The van der Waals surface area contributed by atoms with Crippen molar-refractivity contribution in [3.05, 3.63) is 60.0 Å². The zero-order chi connectivity index (χ0) is 22.3. The van der Waals surface area contributed by atoms with Gasteiger partial charge in [-0.2, -0.15) is 8.78 Å². The first-order valence-corrected chi connectivity index (χ1v) is 11.0. The van der Waals surface area contributed by atoms with Crippen LogP contribution < -0.4 is 14.2 Å². The van der Waals surface area contributed by atoms with Crippen molar-refractivity contribution in [3.63, 3.8) is 0 Å². The van der Waals surface area contributed by atoms with Crippen LogP contribution in [0.2, 0.25) is 0 Å². The van der Waals surface area contributed by atoms with Crippen molar-refractivity contribution in [2.24, 2.45) is 5.92 Å². The van der Waals surface area contributed by atoms with Crippen molar-refractivity contribution in [1.82, 2.24) is 4.98 Å². The Morgan fingerprint density at radius 2 is 1.88 bits per heavy atom. The van der Waals surface area contributed by atoms with Crippen LogP contribution >= 0.6 is 0 Å².